The smallest absolute Gasteiger partial charge is 0.231 e. The second kappa shape index (κ2) is 4.02. The Hall–Kier alpha value is -1.75. The first kappa shape index (κ1) is 9.47. The number of pyridine rings is 1. The Morgan fingerprint density at radius 3 is 3.12 bits per heavy atom. The molecular weight excluding hydrogens is 204 g/mol. The average molecular weight is 216 g/mol. The third-order valence-corrected chi connectivity index (χ3v) is 2.75. The van der Waals surface area contributed by atoms with E-state index in [1.165, 1.54) is 0 Å². The Labute approximate surface area is 92.9 Å². The summed E-state index contributed by atoms with van der Waals surface area (Å²) in [7, 11) is 0. The largest absolute Gasteiger partial charge is 0.339 e. The molecule has 2 aromatic heterocycles. The van der Waals surface area contributed by atoms with Crippen molar-refractivity contribution in [1.82, 2.24) is 20.4 Å². The number of hydrogen-bond acceptors (Lipinski definition) is 5. The van der Waals surface area contributed by atoms with Crippen LogP contribution in [0.1, 0.15) is 18.2 Å². The van der Waals surface area contributed by atoms with Gasteiger partial charge in [0.25, 0.3) is 0 Å². The maximum atomic E-state index is 5.26. The zero-order valence-corrected chi connectivity index (χ0v) is 8.76. The van der Waals surface area contributed by atoms with Gasteiger partial charge in [-0.15, -0.1) is 0 Å². The minimum atomic E-state index is 0.352. The van der Waals surface area contributed by atoms with Crippen molar-refractivity contribution in [3.63, 3.8) is 0 Å². The highest BCUT2D eigenvalue weighted by Gasteiger charge is 2.23. The lowest BCUT2D eigenvalue weighted by molar-refractivity contribution is 0.359. The molecule has 82 valence electrons. The lowest BCUT2D eigenvalue weighted by atomic mass is 10.1. The first-order chi connectivity index (χ1) is 7.93. The van der Waals surface area contributed by atoms with Gasteiger partial charge in [-0.2, -0.15) is 4.98 Å². The van der Waals surface area contributed by atoms with Crippen LogP contribution in [-0.4, -0.2) is 28.2 Å². The van der Waals surface area contributed by atoms with Crippen LogP contribution in [0.5, 0.6) is 0 Å². The van der Waals surface area contributed by atoms with Crippen LogP contribution in [0.25, 0.3) is 11.5 Å². The normalized spacial score (nSPS) is 20.1. The standard InChI is InChI=1S/C11H12N4O/c1-2-5-13-9(3-1)10-14-11(16-15-10)8-4-6-12-7-8/h1-3,5,8,12H,4,6-7H2. The van der Waals surface area contributed by atoms with Gasteiger partial charge in [-0.25, -0.2) is 0 Å². The molecule has 1 unspecified atom stereocenters. The quantitative estimate of drug-likeness (QED) is 0.817. The third-order valence-electron chi connectivity index (χ3n) is 2.75. The molecule has 0 amide bonds. The first-order valence-corrected chi connectivity index (χ1v) is 5.39. The first-order valence-electron chi connectivity index (χ1n) is 5.39. The lowest BCUT2D eigenvalue weighted by Crippen LogP contribution is -2.08. The number of aromatic nitrogens is 3. The summed E-state index contributed by atoms with van der Waals surface area (Å²) in [5, 5.41) is 7.23. The molecule has 16 heavy (non-hydrogen) atoms. The Kier molecular flexibility index (Phi) is 2.38. The van der Waals surface area contributed by atoms with E-state index in [0.29, 0.717) is 17.6 Å². The molecular formula is C11H12N4O. The molecule has 3 heterocycles. The van der Waals surface area contributed by atoms with E-state index in [9.17, 15) is 0 Å². The predicted molar refractivity (Wildman–Crippen MR) is 57.8 cm³/mol. The minimum Gasteiger partial charge on any atom is -0.339 e. The molecule has 0 saturated carbocycles. The minimum absolute atomic E-state index is 0.352. The van der Waals surface area contributed by atoms with E-state index >= 15 is 0 Å². The zero-order valence-electron chi connectivity index (χ0n) is 8.76. The number of rotatable bonds is 2. The van der Waals surface area contributed by atoms with E-state index in [1.54, 1.807) is 6.20 Å². The average Bonchev–Trinajstić information content (AvgIpc) is 3.01. The Balaban J connectivity index is 1.87. The summed E-state index contributed by atoms with van der Waals surface area (Å²) < 4.78 is 5.26. The summed E-state index contributed by atoms with van der Waals surface area (Å²) in [6.07, 6.45) is 2.78. The van der Waals surface area contributed by atoms with Gasteiger partial charge in [-0.05, 0) is 25.1 Å². The van der Waals surface area contributed by atoms with Crippen molar-refractivity contribution < 1.29 is 4.52 Å². The van der Waals surface area contributed by atoms with Gasteiger partial charge < -0.3 is 9.84 Å². The molecule has 1 N–H and O–H groups in total. The molecule has 1 atom stereocenters. The van der Waals surface area contributed by atoms with E-state index in [0.717, 1.165) is 25.2 Å². The zero-order chi connectivity index (χ0) is 10.8. The van der Waals surface area contributed by atoms with E-state index < -0.39 is 0 Å². The summed E-state index contributed by atoms with van der Waals surface area (Å²) in [5.74, 6) is 1.64. The molecule has 0 bridgehead atoms. The van der Waals surface area contributed by atoms with Gasteiger partial charge in [-0.1, -0.05) is 11.2 Å². The van der Waals surface area contributed by atoms with Crippen LogP contribution in [0.4, 0.5) is 0 Å². The van der Waals surface area contributed by atoms with Gasteiger partial charge >= 0.3 is 0 Å². The van der Waals surface area contributed by atoms with Gasteiger partial charge in [-0.3, -0.25) is 4.98 Å². The summed E-state index contributed by atoms with van der Waals surface area (Å²) in [6.45, 7) is 1.94. The summed E-state index contributed by atoms with van der Waals surface area (Å²) in [4.78, 5) is 8.57. The molecule has 5 heteroatoms. The Bertz CT molecular complexity index is 462. The molecule has 3 rings (SSSR count). The maximum Gasteiger partial charge on any atom is 0.231 e. The highest BCUT2D eigenvalue weighted by Crippen LogP contribution is 2.22. The van der Waals surface area contributed by atoms with Crippen LogP contribution < -0.4 is 5.32 Å². The van der Waals surface area contributed by atoms with Crippen LogP contribution in [0.2, 0.25) is 0 Å². The van der Waals surface area contributed by atoms with Crippen LogP contribution >= 0.6 is 0 Å². The number of nitrogens with one attached hydrogen (secondary N) is 1. The molecule has 5 nitrogen and oxygen atoms in total. The highest BCUT2D eigenvalue weighted by atomic mass is 16.5. The molecule has 1 aliphatic heterocycles. The maximum absolute atomic E-state index is 5.26. The van der Waals surface area contributed by atoms with Crippen molar-refractivity contribution in [3.05, 3.63) is 30.3 Å². The molecule has 0 aliphatic carbocycles. The van der Waals surface area contributed by atoms with Gasteiger partial charge in [0.1, 0.15) is 5.69 Å². The van der Waals surface area contributed by atoms with Crippen LogP contribution in [0.15, 0.2) is 28.9 Å². The lowest BCUT2D eigenvalue weighted by Gasteiger charge is -1.98. The van der Waals surface area contributed by atoms with Crippen molar-refractivity contribution in [2.75, 3.05) is 13.1 Å². The Morgan fingerprint density at radius 2 is 2.38 bits per heavy atom. The monoisotopic (exact) mass is 216 g/mol. The van der Waals surface area contributed by atoms with E-state index in [1.807, 2.05) is 18.2 Å². The SMILES string of the molecule is c1ccc(-c2noc(C3CCNC3)n2)nc1. The van der Waals surface area contributed by atoms with Crippen molar-refractivity contribution in [1.29, 1.82) is 0 Å². The van der Waals surface area contributed by atoms with Crippen LogP contribution in [-0.2, 0) is 0 Å². The van der Waals surface area contributed by atoms with Crippen molar-refractivity contribution >= 4 is 0 Å². The Morgan fingerprint density at radius 1 is 1.38 bits per heavy atom. The fraction of sp³-hybridized carbons (Fsp3) is 0.364. The molecule has 0 radical (unpaired) electrons. The fourth-order valence-corrected chi connectivity index (χ4v) is 1.87. The predicted octanol–water partition coefficient (Wildman–Crippen LogP) is 1.21. The van der Waals surface area contributed by atoms with Gasteiger partial charge in [0.15, 0.2) is 0 Å². The number of nitrogens with zero attached hydrogens (tertiary/aromatic N) is 3. The molecule has 0 spiro atoms. The molecule has 1 aliphatic rings. The molecule has 1 saturated heterocycles. The van der Waals surface area contributed by atoms with Crippen LogP contribution in [0.3, 0.4) is 0 Å². The molecule has 2 aromatic rings. The van der Waals surface area contributed by atoms with E-state index in [2.05, 4.69) is 20.4 Å². The van der Waals surface area contributed by atoms with Crippen molar-refractivity contribution in [2.45, 2.75) is 12.3 Å². The highest BCUT2D eigenvalue weighted by molar-refractivity contribution is 5.47. The van der Waals surface area contributed by atoms with E-state index in [4.69, 9.17) is 4.52 Å². The summed E-state index contributed by atoms with van der Waals surface area (Å²) in [6, 6.07) is 5.66. The molecule has 0 aromatic carbocycles. The van der Waals surface area contributed by atoms with Crippen molar-refractivity contribution in [3.8, 4) is 11.5 Å². The van der Waals surface area contributed by atoms with Gasteiger partial charge in [0, 0.05) is 12.7 Å². The van der Waals surface area contributed by atoms with Gasteiger partial charge in [0.05, 0.1) is 5.92 Å². The molecule has 1 fully saturated rings. The summed E-state index contributed by atoms with van der Waals surface area (Å²) >= 11 is 0. The van der Waals surface area contributed by atoms with Gasteiger partial charge in [0.2, 0.25) is 11.7 Å². The topological polar surface area (TPSA) is 63.8 Å². The second-order valence-electron chi connectivity index (χ2n) is 3.86. The van der Waals surface area contributed by atoms with Crippen LogP contribution in [0, 0.1) is 0 Å². The fourth-order valence-electron chi connectivity index (χ4n) is 1.87. The van der Waals surface area contributed by atoms with Crippen molar-refractivity contribution in [2.24, 2.45) is 0 Å². The third kappa shape index (κ3) is 1.69. The van der Waals surface area contributed by atoms with E-state index in [-0.39, 0.29) is 0 Å². The second-order valence-corrected chi connectivity index (χ2v) is 3.86. The summed E-state index contributed by atoms with van der Waals surface area (Å²) in [5.41, 5.74) is 0.753. The number of hydrogen-bond donors (Lipinski definition) is 1.